The average Bonchev–Trinajstić information content (AvgIpc) is 2.36. The lowest BCUT2D eigenvalue weighted by molar-refractivity contribution is -0.135. The SMILES string of the molecule is CC1(C)CCCC(CN2CCC(CO)CC2)C1=O. The minimum absolute atomic E-state index is 0.105. The van der Waals surface area contributed by atoms with Crippen molar-refractivity contribution < 1.29 is 9.90 Å². The van der Waals surface area contributed by atoms with Gasteiger partial charge in [0.15, 0.2) is 0 Å². The Morgan fingerprint density at radius 1 is 1.28 bits per heavy atom. The second-order valence-corrected chi connectivity index (χ2v) is 6.76. The molecule has 1 heterocycles. The van der Waals surface area contributed by atoms with Gasteiger partial charge in [-0.05, 0) is 44.7 Å². The van der Waals surface area contributed by atoms with Crippen molar-refractivity contribution in [3.63, 3.8) is 0 Å². The monoisotopic (exact) mass is 253 g/mol. The van der Waals surface area contributed by atoms with Crippen LogP contribution in [0.4, 0.5) is 0 Å². The van der Waals surface area contributed by atoms with Crippen LogP contribution in [0.2, 0.25) is 0 Å². The van der Waals surface area contributed by atoms with Gasteiger partial charge in [0.1, 0.15) is 5.78 Å². The summed E-state index contributed by atoms with van der Waals surface area (Å²) in [6.45, 7) is 7.56. The summed E-state index contributed by atoms with van der Waals surface area (Å²) in [6.07, 6.45) is 5.48. The molecule has 2 aliphatic rings. The van der Waals surface area contributed by atoms with Gasteiger partial charge in [-0.2, -0.15) is 0 Å². The molecule has 0 aromatic rings. The number of aliphatic hydroxyl groups is 1. The fourth-order valence-electron chi connectivity index (χ4n) is 3.43. The number of ketones is 1. The molecule has 3 nitrogen and oxygen atoms in total. The standard InChI is InChI=1S/C15H27NO2/c1-15(2)7-3-4-13(14(15)18)10-16-8-5-12(11-17)6-9-16/h12-13,17H,3-11H2,1-2H3. The molecule has 0 aromatic carbocycles. The highest BCUT2D eigenvalue weighted by atomic mass is 16.3. The Morgan fingerprint density at radius 2 is 1.94 bits per heavy atom. The lowest BCUT2D eigenvalue weighted by Gasteiger charge is -2.38. The van der Waals surface area contributed by atoms with Crippen LogP contribution in [-0.4, -0.2) is 42.0 Å². The fraction of sp³-hybridized carbons (Fsp3) is 0.933. The Labute approximate surface area is 111 Å². The maximum atomic E-state index is 12.4. The van der Waals surface area contributed by atoms with Crippen molar-refractivity contribution >= 4 is 5.78 Å². The second kappa shape index (κ2) is 5.70. The molecule has 0 aromatic heterocycles. The minimum Gasteiger partial charge on any atom is -0.396 e. The van der Waals surface area contributed by atoms with Crippen molar-refractivity contribution in [1.82, 2.24) is 4.90 Å². The van der Waals surface area contributed by atoms with Gasteiger partial charge in [0.25, 0.3) is 0 Å². The Hall–Kier alpha value is -0.410. The topological polar surface area (TPSA) is 40.5 Å². The smallest absolute Gasteiger partial charge is 0.142 e. The summed E-state index contributed by atoms with van der Waals surface area (Å²) in [7, 11) is 0. The van der Waals surface area contributed by atoms with Gasteiger partial charge in [0.2, 0.25) is 0 Å². The van der Waals surface area contributed by atoms with E-state index < -0.39 is 0 Å². The fourth-order valence-corrected chi connectivity index (χ4v) is 3.43. The molecule has 0 spiro atoms. The van der Waals surface area contributed by atoms with Gasteiger partial charge in [0, 0.05) is 24.5 Å². The lowest BCUT2D eigenvalue weighted by atomic mass is 9.71. The van der Waals surface area contributed by atoms with Gasteiger partial charge >= 0.3 is 0 Å². The number of piperidine rings is 1. The lowest BCUT2D eigenvalue weighted by Crippen LogP contribution is -2.44. The van der Waals surface area contributed by atoms with Crippen molar-refractivity contribution in [2.45, 2.75) is 46.0 Å². The summed E-state index contributed by atoms with van der Waals surface area (Å²) in [5.74, 6) is 1.21. The Morgan fingerprint density at radius 3 is 2.56 bits per heavy atom. The quantitative estimate of drug-likeness (QED) is 0.837. The van der Waals surface area contributed by atoms with Crippen molar-refractivity contribution in [2.75, 3.05) is 26.2 Å². The number of likely N-dealkylation sites (tertiary alicyclic amines) is 1. The average molecular weight is 253 g/mol. The number of Topliss-reactive ketones (excluding diaryl/α,β-unsaturated/α-hetero) is 1. The van der Waals surface area contributed by atoms with Gasteiger partial charge in [-0.3, -0.25) is 4.79 Å². The third-order valence-electron chi connectivity index (χ3n) is 4.84. The van der Waals surface area contributed by atoms with Gasteiger partial charge in [-0.1, -0.05) is 20.3 Å². The normalized spacial score (nSPS) is 30.6. The zero-order chi connectivity index (χ0) is 13.2. The van der Waals surface area contributed by atoms with Crippen LogP contribution in [0.15, 0.2) is 0 Å². The molecule has 3 heteroatoms. The first kappa shape index (κ1) is 14.0. The summed E-state index contributed by atoms with van der Waals surface area (Å²) >= 11 is 0. The molecule has 1 N–H and O–H groups in total. The molecular weight excluding hydrogens is 226 g/mol. The molecule has 1 aliphatic carbocycles. The first-order chi connectivity index (χ1) is 8.53. The van der Waals surface area contributed by atoms with E-state index in [9.17, 15) is 4.79 Å². The van der Waals surface area contributed by atoms with Crippen LogP contribution in [-0.2, 0) is 4.79 Å². The van der Waals surface area contributed by atoms with E-state index in [2.05, 4.69) is 18.7 Å². The first-order valence-electron chi connectivity index (χ1n) is 7.40. The maximum absolute atomic E-state index is 12.4. The van der Waals surface area contributed by atoms with Gasteiger partial charge < -0.3 is 10.0 Å². The van der Waals surface area contributed by atoms with Crippen LogP contribution in [0.3, 0.4) is 0 Å². The van der Waals surface area contributed by atoms with Crippen molar-refractivity contribution in [3.05, 3.63) is 0 Å². The third-order valence-corrected chi connectivity index (χ3v) is 4.84. The van der Waals surface area contributed by atoms with Crippen LogP contribution in [0.5, 0.6) is 0 Å². The number of nitrogens with zero attached hydrogens (tertiary/aromatic N) is 1. The minimum atomic E-state index is -0.105. The zero-order valence-electron chi connectivity index (χ0n) is 11.8. The van der Waals surface area contributed by atoms with Crippen molar-refractivity contribution in [2.24, 2.45) is 17.3 Å². The first-order valence-corrected chi connectivity index (χ1v) is 7.40. The summed E-state index contributed by atoms with van der Waals surface area (Å²) < 4.78 is 0. The van der Waals surface area contributed by atoms with E-state index in [1.807, 2.05) is 0 Å². The number of carbonyl (C=O) groups excluding carboxylic acids is 1. The second-order valence-electron chi connectivity index (χ2n) is 6.76. The van der Waals surface area contributed by atoms with E-state index in [-0.39, 0.29) is 11.3 Å². The number of carbonyl (C=O) groups is 1. The highest BCUT2D eigenvalue weighted by Crippen LogP contribution is 2.36. The predicted octanol–water partition coefficient (Wildman–Crippen LogP) is 2.09. The number of rotatable bonds is 3. The van der Waals surface area contributed by atoms with Crippen LogP contribution in [0.1, 0.15) is 46.0 Å². The van der Waals surface area contributed by atoms with Crippen LogP contribution in [0.25, 0.3) is 0 Å². The molecule has 1 atom stereocenters. The molecule has 1 unspecified atom stereocenters. The van der Waals surface area contributed by atoms with Gasteiger partial charge in [-0.15, -0.1) is 0 Å². The molecule has 2 fully saturated rings. The summed E-state index contributed by atoms with van der Waals surface area (Å²) in [5, 5.41) is 9.14. The van der Waals surface area contributed by atoms with Crippen LogP contribution >= 0.6 is 0 Å². The summed E-state index contributed by atoms with van der Waals surface area (Å²) in [5.41, 5.74) is -0.105. The molecule has 1 saturated carbocycles. The molecule has 2 rings (SSSR count). The molecule has 104 valence electrons. The van der Waals surface area contributed by atoms with Gasteiger partial charge in [-0.25, -0.2) is 0 Å². The number of aliphatic hydroxyl groups excluding tert-OH is 1. The third kappa shape index (κ3) is 3.12. The molecular formula is C15H27NO2. The summed E-state index contributed by atoms with van der Waals surface area (Å²) in [4.78, 5) is 14.8. The molecule has 1 saturated heterocycles. The van der Waals surface area contributed by atoms with E-state index in [0.717, 1.165) is 45.3 Å². The van der Waals surface area contributed by atoms with E-state index in [4.69, 9.17) is 5.11 Å². The number of hydrogen-bond donors (Lipinski definition) is 1. The Balaban J connectivity index is 1.84. The molecule has 0 bridgehead atoms. The maximum Gasteiger partial charge on any atom is 0.142 e. The highest BCUT2D eigenvalue weighted by Gasteiger charge is 2.38. The molecule has 0 amide bonds. The Bertz CT molecular complexity index is 293. The molecule has 1 aliphatic heterocycles. The van der Waals surface area contributed by atoms with Crippen molar-refractivity contribution in [1.29, 1.82) is 0 Å². The van der Waals surface area contributed by atoms with E-state index in [0.29, 0.717) is 18.3 Å². The zero-order valence-corrected chi connectivity index (χ0v) is 11.8. The molecule has 18 heavy (non-hydrogen) atoms. The number of hydrogen-bond acceptors (Lipinski definition) is 3. The Kier molecular flexibility index (Phi) is 4.44. The van der Waals surface area contributed by atoms with Gasteiger partial charge in [0.05, 0.1) is 0 Å². The van der Waals surface area contributed by atoms with E-state index >= 15 is 0 Å². The highest BCUT2D eigenvalue weighted by molar-refractivity contribution is 5.87. The van der Waals surface area contributed by atoms with E-state index in [1.165, 1.54) is 6.42 Å². The van der Waals surface area contributed by atoms with Crippen LogP contribution in [0, 0.1) is 17.3 Å². The van der Waals surface area contributed by atoms with E-state index in [1.54, 1.807) is 0 Å². The van der Waals surface area contributed by atoms with Crippen LogP contribution < -0.4 is 0 Å². The predicted molar refractivity (Wildman–Crippen MR) is 72.4 cm³/mol. The van der Waals surface area contributed by atoms with Crippen molar-refractivity contribution in [3.8, 4) is 0 Å². The largest absolute Gasteiger partial charge is 0.396 e. The molecule has 0 radical (unpaired) electrons. The summed E-state index contributed by atoms with van der Waals surface area (Å²) in [6, 6.07) is 0.